The van der Waals surface area contributed by atoms with Crippen LogP contribution in [0.15, 0.2) is 62.6 Å². The number of halogens is 2. The molecule has 0 saturated carbocycles. The SMILES string of the molecule is O=C(NN=C1c2ccccc2C=CC1O)c1ccc(Br)c(Br)c1. The maximum absolute atomic E-state index is 12.2. The summed E-state index contributed by atoms with van der Waals surface area (Å²) in [6.45, 7) is 0. The van der Waals surface area contributed by atoms with E-state index in [0.717, 1.165) is 20.1 Å². The van der Waals surface area contributed by atoms with Crippen LogP contribution >= 0.6 is 31.9 Å². The number of hydrogen-bond acceptors (Lipinski definition) is 3. The first-order valence-electron chi connectivity index (χ1n) is 6.85. The van der Waals surface area contributed by atoms with E-state index >= 15 is 0 Å². The Morgan fingerprint density at radius 2 is 1.91 bits per heavy atom. The number of fused-ring (bicyclic) bond motifs is 1. The van der Waals surface area contributed by atoms with Gasteiger partial charge in [0.25, 0.3) is 5.91 Å². The van der Waals surface area contributed by atoms with E-state index in [4.69, 9.17) is 0 Å². The fraction of sp³-hybridized carbons (Fsp3) is 0.0588. The number of rotatable bonds is 2. The van der Waals surface area contributed by atoms with Crippen molar-refractivity contribution in [1.29, 1.82) is 0 Å². The summed E-state index contributed by atoms with van der Waals surface area (Å²) in [6.07, 6.45) is 2.64. The number of benzene rings is 2. The van der Waals surface area contributed by atoms with Gasteiger partial charge in [0.2, 0.25) is 0 Å². The van der Waals surface area contributed by atoms with Crippen molar-refractivity contribution in [3.05, 3.63) is 74.2 Å². The van der Waals surface area contributed by atoms with Gasteiger partial charge in [0, 0.05) is 20.1 Å². The lowest BCUT2D eigenvalue weighted by molar-refractivity contribution is 0.0954. The predicted octanol–water partition coefficient (Wildman–Crippen LogP) is 3.73. The molecule has 2 aromatic carbocycles. The summed E-state index contributed by atoms with van der Waals surface area (Å²) in [5, 5.41) is 14.2. The molecule has 0 fully saturated rings. The summed E-state index contributed by atoms with van der Waals surface area (Å²) in [5.74, 6) is -0.343. The first-order chi connectivity index (χ1) is 11.1. The summed E-state index contributed by atoms with van der Waals surface area (Å²) in [5.41, 5.74) is 5.16. The number of carbonyl (C=O) groups is 1. The highest BCUT2D eigenvalue weighted by molar-refractivity contribution is 9.13. The predicted molar refractivity (Wildman–Crippen MR) is 97.3 cm³/mol. The number of aliphatic hydroxyl groups excluding tert-OH is 1. The normalized spacial score (nSPS) is 17.9. The summed E-state index contributed by atoms with van der Waals surface area (Å²) in [6, 6.07) is 12.7. The topological polar surface area (TPSA) is 61.7 Å². The smallest absolute Gasteiger partial charge is 0.271 e. The van der Waals surface area contributed by atoms with Crippen molar-refractivity contribution in [3.8, 4) is 0 Å². The molecular formula is C17H12Br2N2O2. The lowest BCUT2D eigenvalue weighted by Crippen LogP contribution is -2.28. The van der Waals surface area contributed by atoms with Crippen LogP contribution in [-0.2, 0) is 0 Å². The van der Waals surface area contributed by atoms with E-state index in [1.807, 2.05) is 30.3 Å². The van der Waals surface area contributed by atoms with Crippen molar-refractivity contribution >= 4 is 49.6 Å². The first-order valence-corrected chi connectivity index (χ1v) is 8.43. The van der Waals surface area contributed by atoms with Gasteiger partial charge in [-0.05, 0) is 61.7 Å². The van der Waals surface area contributed by atoms with Gasteiger partial charge in [-0.2, -0.15) is 5.10 Å². The molecule has 2 aromatic rings. The van der Waals surface area contributed by atoms with E-state index in [-0.39, 0.29) is 5.91 Å². The third-order valence-corrected chi connectivity index (χ3v) is 5.31. The van der Waals surface area contributed by atoms with Gasteiger partial charge in [0.1, 0.15) is 11.8 Å². The van der Waals surface area contributed by atoms with Gasteiger partial charge in [-0.3, -0.25) is 4.79 Å². The van der Waals surface area contributed by atoms with E-state index in [1.165, 1.54) is 0 Å². The zero-order chi connectivity index (χ0) is 16.4. The molecule has 2 N–H and O–H groups in total. The summed E-state index contributed by atoms with van der Waals surface area (Å²) >= 11 is 6.72. The molecule has 23 heavy (non-hydrogen) atoms. The van der Waals surface area contributed by atoms with Crippen LogP contribution < -0.4 is 5.43 Å². The average Bonchev–Trinajstić information content (AvgIpc) is 2.56. The Morgan fingerprint density at radius 1 is 1.13 bits per heavy atom. The lowest BCUT2D eigenvalue weighted by Gasteiger charge is -2.17. The number of nitrogens with one attached hydrogen (secondary N) is 1. The number of nitrogens with zero attached hydrogens (tertiary/aromatic N) is 1. The van der Waals surface area contributed by atoms with Crippen molar-refractivity contribution in [2.45, 2.75) is 6.10 Å². The van der Waals surface area contributed by atoms with Crippen LogP contribution in [0, 0.1) is 0 Å². The Bertz CT molecular complexity index is 831. The molecule has 0 aliphatic heterocycles. The molecule has 0 radical (unpaired) electrons. The quantitative estimate of drug-likeness (QED) is 0.706. The van der Waals surface area contributed by atoms with Gasteiger partial charge in [-0.1, -0.05) is 30.3 Å². The molecule has 116 valence electrons. The largest absolute Gasteiger partial charge is 0.383 e. The van der Waals surface area contributed by atoms with E-state index < -0.39 is 6.10 Å². The summed E-state index contributed by atoms with van der Waals surface area (Å²) < 4.78 is 1.64. The number of hydrogen-bond donors (Lipinski definition) is 2. The molecule has 6 heteroatoms. The molecular weight excluding hydrogens is 424 g/mol. The maximum atomic E-state index is 12.2. The van der Waals surface area contributed by atoms with Crippen molar-refractivity contribution < 1.29 is 9.90 Å². The lowest BCUT2D eigenvalue weighted by atomic mass is 9.94. The molecule has 1 aliphatic rings. The fourth-order valence-corrected chi connectivity index (χ4v) is 2.89. The van der Waals surface area contributed by atoms with Gasteiger partial charge in [0.05, 0.1) is 0 Å². The molecule has 4 nitrogen and oxygen atoms in total. The molecule has 0 spiro atoms. The second-order valence-electron chi connectivity index (χ2n) is 4.96. The maximum Gasteiger partial charge on any atom is 0.271 e. The Kier molecular flexibility index (Phi) is 4.75. The third kappa shape index (κ3) is 3.44. The first kappa shape index (κ1) is 16.1. The monoisotopic (exact) mass is 434 g/mol. The van der Waals surface area contributed by atoms with Crippen molar-refractivity contribution in [1.82, 2.24) is 5.43 Å². The van der Waals surface area contributed by atoms with Crippen molar-refractivity contribution in [2.24, 2.45) is 5.10 Å². The molecule has 0 aromatic heterocycles. The Hall–Kier alpha value is -1.76. The van der Waals surface area contributed by atoms with Gasteiger partial charge in [0.15, 0.2) is 0 Å². The molecule has 1 aliphatic carbocycles. The van der Waals surface area contributed by atoms with Crippen molar-refractivity contribution in [3.63, 3.8) is 0 Å². The molecule has 1 amide bonds. The van der Waals surface area contributed by atoms with Gasteiger partial charge < -0.3 is 5.11 Å². The van der Waals surface area contributed by atoms with Gasteiger partial charge in [-0.15, -0.1) is 0 Å². The second-order valence-corrected chi connectivity index (χ2v) is 6.67. The zero-order valence-corrected chi connectivity index (χ0v) is 15.0. The summed E-state index contributed by atoms with van der Waals surface area (Å²) in [7, 11) is 0. The number of hydrazone groups is 1. The highest BCUT2D eigenvalue weighted by Gasteiger charge is 2.19. The van der Waals surface area contributed by atoms with Crippen LogP contribution in [0.2, 0.25) is 0 Å². The van der Waals surface area contributed by atoms with Crippen LogP contribution in [-0.4, -0.2) is 22.8 Å². The van der Waals surface area contributed by atoms with Crippen LogP contribution in [0.5, 0.6) is 0 Å². The van der Waals surface area contributed by atoms with E-state index in [0.29, 0.717) is 11.3 Å². The molecule has 1 atom stereocenters. The van der Waals surface area contributed by atoms with E-state index in [2.05, 4.69) is 42.4 Å². The minimum Gasteiger partial charge on any atom is -0.383 e. The Morgan fingerprint density at radius 3 is 2.70 bits per heavy atom. The van der Waals surface area contributed by atoms with E-state index in [9.17, 15) is 9.90 Å². The number of amides is 1. The van der Waals surface area contributed by atoms with Crippen LogP contribution in [0.25, 0.3) is 6.08 Å². The van der Waals surface area contributed by atoms with E-state index in [1.54, 1.807) is 24.3 Å². The highest BCUT2D eigenvalue weighted by Crippen LogP contribution is 2.24. The van der Waals surface area contributed by atoms with Gasteiger partial charge in [-0.25, -0.2) is 5.43 Å². The zero-order valence-electron chi connectivity index (χ0n) is 11.8. The van der Waals surface area contributed by atoms with Crippen LogP contribution in [0.4, 0.5) is 0 Å². The Labute approximate surface area is 150 Å². The minimum absolute atomic E-state index is 0.343. The van der Waals surface area contributed by atoms with Crippen LogP contribution in [0.3, 0.4) is 0 Å². The number of aliphatic hydroxyl groups is 1. The van der Waals surface area contributed by atoms with Gasteiger partial charge >= 0.3 is 0 Å². The molecule has 3 rings (SSSR count). The fourth-order valence-electron chi connectivity index (χ4n) is 2.26. The minimum atomic E-state index is -0.846. The molecule has 0 saturated heterocycles. The van der Waals surface area contributed by atoms with Crippen molar-refractivity contribution in [2.75, 3.05) is 0 Å². The number of carbonyl (C=O) groups excluding carboxylic acids is 1. The average molecular weight is 436 g/mol. The highest BCUT2D eigenvalue weighted by atomic mass is 79.9. The summed E-state index contributed by atoms with van der Waals surface area (Å²) in [4.78, 5) is 12.2. The molecule has 0 heterocycles. The third-order valence-electron chi connectivity index (χ3n) is 3.43. The standard InChI is InChI=1S/C17H12Br2N2O2/c18-13-7-5-11(9-14(13)19)17(23)21-20-16-12-4-2-1-3-10(12)6-8-15(16)22/h1-9,15,22H,(H,21,23). The van der Waals surface area contributed by atoms with Crippen LogP contribution in [0.1, 0.15) is 21.5 Å². The Balaban J connectivity index is 1.85. The molecule has 0 bridgehead atoms. The molecule has 1 unspecified atom stereocenters. The second kappa shape index (κ2) is 6.78.